The summed E-state index contributed by atoms with van der Waals surface area (Å²) < 4.78 is 5.41. The Morgan fingerprint density at radius 2 is 2.05 bits per heavy atom. The monoisotopic (exact) mass is 296 g/mol. The molecule has 0 saturated heterocycles. The van der Waals surface area contributed by atoms with Crippen molar-refractivity contribution in [3.8, 4) is 0 Å². The molecule has 0 aliphatic heterocycles. The molecular formula is C15H21ClN2O2. The summed E-state index contributed by atoms with van der Waals surface area (Å²) in [5, 5.41) is 3.76. The molecule has 1 aromatic heterocycles. The number of ether oxygens (including phenoxy) is 1. The van der Waals surface area contributed by atoms with E-state index in [1.165, 1.54) is 19.0 Å². The molecule has 1 heterocycles. The van der Waals surface area contributed by atoms with Gasteiger partial charge < -0.3 is 10.1 Å². The minimum absolute atomic E-state index is 0.373. The molecular weight excluding hydrogens is 276 g/mol. The second-order valence-electron chi connectivity index (χ2n) is 6.18. The van der Waals surface area contributed by atoms with Gasteiger partial charge in [0.1, 0.15) is 16.3 Å². The third-order valence-corrected chi connectivity index (χ3v) is 3.41. The van der Waals surface area contributed by atoms with E-state index in [1.54, 1.807) is 6.07 Å². The number of hydrogen-bond acceptors (Lipinski definition) is 4. The fourth-order valence-corrected chi connectivity index (χ4v) is 2.49. The van der Waals surface area contributed by atoms with E-state index >= 15 is 0 Å². The largest absolute Gasteiger partial charge is 0.456 e. The zero-order chi connectivity index (χ0) is 14.8. The number of carbonyl (C=O) groups is 1. The molecule has 4 nitrogen and oxygen atoms in total. The Balaban J connectivity index is 2.20. The lowest BCUT2D eigenvalue weighted by Crippen LogP contribution is -2.25. The van der Waals surface area contributed by atoms with E-state index in [-0.39, 0.29) is 5.97 Å². The van der Waals surface area contributed by atoms with Gasteiger partial charge in [-0.05, 0) is 39.7 Å². The zero-order valence-corrected chi connectivity index (χ0v) is 13.0. The number of anilines is 1. The summed E-state index contributed by atoms with van der Waals surface area (Å²) in [4.78, 5) is 16.2. The van der Waals surface area contributed by atoms with Crippen LogP contribution in [0.2, 0.25) is 5.15 Å². The number of rotatable bonds is 3. The SMILES string of the molecule is CC(C)(C)OC(=O)c1cnc(Cl)cc1NC1CCCC1. The highest BCUT2D eigenvalue weighted by molar-refractivity contribution is 6.29. The second-order valence-corrected chi connectivity index (χ2v) is 6.57. The highest BCUT2D eigenvalue weighted by atomic mass is 35.5. The number of nitrogens with one attached hydrogen (secondary N) is 1. The van der Waals surface area contributed by atoms with Crippen LogP contribution < -0.4 is 5.32 Å². The highest BCUT2D eigenvalue weighted by Gasteiger charge is 2.23. The van der Waals surface area contributed by atoms with Gasteiger partial charge >= 0.3 is 5.97 Å². The average molecular weight is 297 g/mol. The maximum atomic E-state index is 12.2. The smallest absolute Gasteiger partial charge is 0.342 e. The van der Waals surface area contributed by atoms with Crippen LogP contribution in [0, 0.1) is 0 Å². The average Bonchev–Trinajstić information content (AvgIpc) is 2.79. The lowest BCUT2D eigenvalue weighted by atomic mass is 10.1. The van der Waals surface area contributed by atoms with Gasteiger partial charge in [-0.3, -0.25) is 0 Å². The van der Waals surface area contributed by atoms with Crippen LogP contribution >= 0.6 is 11.6 Å². The summed E-state index contributed by atoms with van der Waals surface area (Å²) in [7, 11) is 0. The normalized spacial score (nSPS) is 16.2. The number of pyridine rings is 1. The molecule has 0 bridgehead atoms. The van der Waals surface area contributed by atoms with Crippen molar-refractivity contribution in [3.63, 3.8) is 0 Å². The van der Waals surface area contributed by atoms with E-state index in [9.17, 15) is 4.79 Å². The lowest BCUT2D eigenvalue weighted by molar-refractivity contribution is 0.00702. The van der Waals surface area contributed by atoms with E-state index < -0.39 is 5.60 Å². The standard InChI is InChI=1S/C15H21ClN2O2/c1-15(2,3)20-14(19)11-9-17-13(16)8-12(11)18-10-6-4-5-7-10/h8-10H,4-7H2,1-3H3,(H,17,18). The van der Waals surface area contributed by atoms with Gasteiger partial charge in [-0.1, -0.05) is 24.4 Å². The summed E-state index contributed by atoms with van der Waals surface area (Å²) >= 11 is 5.94. The first-order valence-electron chi connectivity index (χ1n) is 7.00. The first kappa shape index (κ1) is 15.1. The van der Waals surface area contributed by atoms with Crippen molar-refractivity contribution < 1.29 is 9.53 Å². The number of carbonyl (C=O) groups excluding carboxylic acids is 1. The first-order valence-corrected chi connectivity index (χ1v) is 7.38. The maximum Gasteiger partial charge on any atom is 0.342 e. The fraction of sp³-hybridized carbons (Fsp3) is 0.600. The topological polar surface area (TPSA) is 51.2 Å². The van der Waals surface area contributed by atoms with Crippen molar-refractivity contribution in [2.24, 2.45) is 0 Å². The third kappa shape index (κ3) is 4.10. The molecule has 0 unspecified atom stereocenters. The van der Waals surface area contributed by atoms with Gasteiger partial charge in [0.15, 0.2) is 0 Å². The van der Waals surface area contributed by atoms with Crippen molar-refractivity contribution >= 4 is 23.3 Å². The van der Waals surface area contributed by atoms with Gasteiger partial charge in [-0.2, -0.15) is 0 Å². The minimum Gasteiger partial charge on any atom is -0.456 e. The Morgan fingerprint density at radius 1 is 1.40 bits per heavy atom. The molecule has 1 saturated carbocycles. The molecule has 0 radical (unpaired) electrons. The summed E-state index contributed by atoms with van der Waals surface area (Å²) in [6.45, 7) is 5.54. The Bertz CT molecular complexity index is 491. The molecule has 1 aliphatic rings. The van der Waals surface area contributed by atoms with Gasteiger partial charge in [0.2, 0.25) is 0 Å². The van der Waals surface area contributed by atoms with Crippen molar-refractivity contribution in [1.29, 1.82) is 0 Å². The van der Waals surface area contributed by atoms with Crippen LogP contribution in [-0.2, 0) is 4.74 Å². The Labute approximate surface area is 124 Å². The summed E-state index contributed by atoms with van der Waals surface area (Å²) in [5.74, 6) is -0.373. The van der Waals surface area contributed by atoms with Crippen LogP contribution in [0.25, 0.3) is 0 Å². The molecule has 1 aromatic rings. The molecule has 0 amide bonds. The van der Waals surface area contributed by atoms with Crippen LogP contribution in [-0.4, -0.2) is 22.6 Å². The summed E-state index contributed by atoms with van der Waals surface area (Å²) in [6.07, 6.45) is 6.16. The zero-order valence-electron chi connectivity index (χ0n) is 12.2. The van der Waals surface area contributed by atoms with Crippen molar-refractivity contribution in [2.75, 3.05) is 5.32 Å². The second kappa shape index (κ2) is 6.00. The van der Waals surface area contributed by atoms with E-state index in [1.807, 2.05) is 20.8 Å². The van der Waals surface area contributed by atoms with Crippen molar-refractivity contribution in [3.05, 3.63) is 23.0 Å². The van der Waals surface area contributed by atoms with Gasteiger partial charge in [0.05, 0.1) is 5.69 Å². The number of esters is 1. The summed E-state index contributed by atoms with van der Waals surface area (Å²) in [5.41, 5.74) is 0.629. The predicted molar refractivity (Wildman–Crippen MR) is 80.3 cm³/mol. The molecule has 5 heteroatoms. The molecule has 1 fully saturated rings. The minimum atomic E-state index is -0.526. The van der Waals surface area contributed by atoms with Gasteiger partial charge in [0, 0.05) is 12.2 Å². The van der Waals surface area contributed by atoms with E-state index in [4.69, 9.17) is 16.3 Å². The third-order valence-electron chi connectivity index (χ3n) is 3.20. The molecule has 0 spiro atoms. The molecule has 1 N–H and O–H groups in total. The van der Waals surface area contributed by atoms with Crippen LogP contribution in [0.4, 0.5) is 5.69 Å². The van der Waals surface area contributed by atoms with Crippen molar-refractivity contribution in [1.82, 2.24) is 4.98 Å². The Kier molecular flexibility index (Phi) is 4.53. The van der Waals surface area contributed by atoms with Gasteiger partial charge in [-0.15, -0.1) is 0 Å². The van der Waals surface area contributed by atoms with Crippen LogP contribution in [0.5, 0.6) is 0 Å². The van der Waals surface area contributed by atoms with Gasteiger partial charge in [-0.25, -0.2) is 9.78 Å². The van der Waals surface area contributed by atoms with Crippen molar-refractivity contribution in [2.45, 2.75) is 58.1 Å². The number of aromatic nitrogens is 1. The number of halogens is 1. The lowest BCUT2D eigenvalue weighted by Gasteiger charge is -2.21. The Hall–Kier alpha value is -1.29. The maximum absolute atomic E-state index is 12.2. The Morgan fingerprint density at radius 3 is 2.65 bits per heavy atom. The van der Waals surface area contributed by atoms with E-state index in [0.29, 0.717) is 22.4 Å². The predicted octanol–water partition coefficient (Wildman–Crippen LogP) is 4.04. The van der Waals surface area contributed by atoms with Crippen LogP contribution in [0.1, 0.15) is 56.8 Å². The van der Waals surface area contributed by atoms with Crippen LogP contribution in [0.3, 0.4) is 0 Å². The molecule has 110 valence electrons. The molecule has 0 aromatic carbocycles. The van der Waals surface area contributed by atoms with E-state index in [2.05, 4.69) is 10.3 Å². The highest BCUT2D eigenvalue weighted by Crippen LogP contribution is 2.27. The molecule has 2 rings (SSSR count). The number of nitrogens with zero attached hydrogens (tertiary/aromatic N) is 1. The quantitative estimate of drug-likeness (QED) is 0.675. The molecule has 20 heavy (non-hydrogen) atoms. The van der Waals surface area contributed by atoms with Crippen LogP contribution in [0.15, 0.2) is 12.3 Å². The summed E-state index contributed by atoms with van der Waals surface area (Å²) in [6, 6.07) is 2.09. The number of hydrogen-bond donors (Lipinski definition) is 1. The fourth-order valence-electron chi connectivity index (χ4n) is 2.34. The molecule has 1 aliphatic carbocycles. The van der Waals surface area contributed by atoms with E-state index in [0.717, 1.165) is 12.8 Å². The van der Waals surface area contributed by atoms with Gasteiger partial charge in [0.25, 0.3) is 0 Å². The molecule has 0 atom stereocenters. The first-order chi connectivity index (χ1) is 9.35.